The molecule has 1 fully saturated rings. The highest BCUT2D eigenvalue weighted by atomic mass is 19.4. The normalized spacial score (nSPS) is 18.6. The highest BCUT2D eigenvalue weighted by Gasteiger charge is 2.56. The molecular weight excluding hydrogens is 336 g/mol. The second kappa shape index (κ2) is 5.93. The predicted octanol–water partition coefficient (Wildman–Crippen LogP) is 2.43. The van der Waals surface area contributed by atoms with Crippen molar-refractivity contribution in [1.29, 1.82) is 0 Å². The number of hydrogen-bond acceptors (Lipinski definition) is 5. The summed E-state index contributed by atoms with van der Waals surface area (Å²) >= 11 is 0. The summed E-state index contributed by atoms with van der Waals surface area (Å²) in [5, 5.41) is 1.79. The smallest absolute Gasteiger partial charge is 0.402 e. The molecule has 0 radical (unpaired) electrons. The SMILES string of the molecule is CC(NCC(C(F)(F)F)C(F)(F)F)=C1C(=O)OC(C)(C)OC1=O. The zero-order valence-corrected chi connectivity index (χ0v) is 12.2. The van der Waals surface area contributed by atoms with E-state index in [2.05, 4.69) is 0 Å². The molecule has 1 N–H and O–H groups in total. The van der Waals surface area contributed by atoms with Crippen LogP contribution < -0.4 is 5.32 Å². The fraction of sp³-hybridized carbons (Fsp3) is 0.667. The largest absolute Gasteiger partial charge is 0.419 e. The highest BCUT2D eigenvalue weighted by Crippen LogP contribution is 2.38. The van der Waals surface area contributed by atoms with Crippen molar-refractivity contribution in [3.8, 4) is 0 Å². The first-order valence-electron chi connectivity index (χ1n) is 6.20. The van der Waals surface area contributed by atoms with Crippen LogP contribution in [0.25, 0.3) is 0 Å². The number of hydrogen-bond donors (Lipinski definition) is 1. The molecule has 132 valence electrons. The average Bonchev–Trinajstić information content (AvgIpc) is 2.21. The number of carbonyl (C=O) groups is 2. The van der Waals surface area contributed by atoms with Gasteiger partial charge < -0.3 is 14.8 Å². The van der Waals surface area contributed by atoms with E-state index in [0.717, 1.165) is 6.92 Å². The molecule has 1 saturated heterocycles. The molecule has 0 bridgehead atoms. The fourth-order valence-corrected chi connectivity index (χ4v) is 1.72. The quantitative estimate of drug-likeness (QED) is 0.367. The van der Waals surface area contributed by atoms with Gasteiger partial charge in [-0.15, -0.1) is 0 Å². The van der Waals surface area contributed by atoms with Crippen molar-refractivity contribution in [2.75, 3.05) is 6.54 Å². The van der Waals surface area contributed by atoms with Gasteiger partial charge in [0.05, 0.1) is 0 Å². The van der Waals surface area contributed by atoms with Gasteiger partial charge in [-0.2, -0.15) is 26.3 Å². The third-order valence-electron chi connectivity index (χ3n) is 2.82. The Kier molecular flexibility index (Phi) is 4.93. The molecule has 1 heterocycles. The van der Waals surface area contributed by atoms with Crippen molar-refractivity contribution < 1.29 is 45.4 Å². The summed E-state index contributed by atoms with van der Waals surface area (Å²) < 4.78 is 83.8. The Morgan fingerprint density at radius 2 is 1.43 bits per heavy atom. The van der Waals surface area contributed by atoms with E-state index in [0.29, 0.717) is 0 Å². The minimum Gasteiger partial charge on any atom is -0.419 e. The minimum atomic E-state index is -5.54. The molecule has 0 spiro atoms. The molecular formula is C12H13F6NO4. The molecule has 5 nitrogen and oxygen atoms in total. The third kappa shape index (κ3) is 4.76. The third-order valence-corrected chi connectivity index (χ3v) is 2.82. The van der Waals surface area contributed by atoms with Crippen LogP contribution in [-0.2, 0) is 19.1 Å². The van der Waals surface area contributed by atoms with Gasteiger partial charge in [0, 0.05) is 26.1 Å². The topological polar surface area (TPSA) is 64.6 Å². The van der Waals surface area contributed by atoms with Gasteiger partial charge in [0.25, 0.3) is 5.79 Å². The van der Waals surface area contributed by atoms with Gasteiger partial charge in [0.15, 0.2) is 11.5 Å². The van der Waals surface area contributed by atoms with E-state index >= 15 is 0 Å². The van der Waals surface area contributed by atoms with Gasteiger partial charge in [-0.1, -0.05) is 0 Å². The van der Waals surface area contributed by atoms with Crippen LogP contribution >= 0.6 is 0 Å². The summed E-state index contributed by atoms with van der Waals surface area (Å²) in [6.45, 7) is 1.86. The lowest BCUT2D eigenvalue weighted by molar-refractivity contribution is -0.281. The number of carbonyl (C=O) groups excluding carboxylic acids is 2. The molecule has 0 aliphatic carbocycles. The molecule has 1 rings (SSSR count). The Bertz CT molecular complexity index is 499. The van der Waals surface area contributed by atoms with E-state index < -0.39 is 53.8 Å². The van der Waals surface area contributed by atoms with Gasteiger partial charge in [0.2, 0.25) is 0 Å². The first-order valence-corrected chi connectivity index (χ1v) is 6.20. The van der Waals surface area contributed by atoms with Gasteiger partial charge in [-0.05, 0) is 6.92 Å². The lowest BCUT2D eigenvalue weighted by atomic mass is 10.1. The molecule has 1 aliphatic heterocycles. The van der Waals surface area contributed by atoms with Crippen molar-refractivity contribution in [3.63, 3.8) is 0 Å². The van der Waals surface area contributed by atoms with E-state index in [4.69, 9.17) is 9.47 Å². The number of nitrogens with one attached hydrogen (secondary N) is 1. The van der Waals surface area contributed by atoms with Gasteiger partial charge in [-0.3, -0.25) is 0 Å². The lowest BCUT2D eigenvalue weighted by Gasteiger charge is -2.31. The summed E-state index contributed by atoms with van der Waals surface area (Å²) in [6.07, 6.45) is -11.1. The van der Waals surface area contributed by atoms with Crippen molar-refractivity contribution in [2.24, 2.45) is 5.92 Å². The van der Waals surface area contributed by atoms with Gasteiger partial charge in [0.1, 0.15) is 0 Å². The summed E-state index contributed by atoms with van der Waals surface area (Å²) in [5.41, 5.74) is -1.29. The van der Waals surface area contributed by atoms with Crippen LogP contribution in [0.1, 0.15) is 20.8 Å². The molecule has 1 aliphatic rings. The number of cyclic esters (lactones) is 2. The monoisotopic (exact) mass is 349 g/mol. The molecule has 0 atom stereocenters. The molecule has 23 heavy (non-hydrogen) atoms. The average molecular weight is 349 g/mol. The molecule has 0 saturated carbocycles. The molecule has 0 amide bonds. The number of allylic oxidation sites excluding steroid dienone is 1. The Morgan fingerprint density at radius 1 is 1.04 bits per heavy atom. The van der Waals surface area contributed by atoms with E-state index in [-0.39, 0.29) is 0 Å². The summed E-state index contributed by atoms with van der Waals surface area (Å²) in [6, 6.07) is 0. The second-order valence-corrected chi connectivity index (χ2v) is 5.20. The Morgan fingerprint density at radius 3 is 1.78 bits per heavy atom. The highest BCUT2D eigenvalue weighted by molar-refractivity contribution is 6.15. The Balaban J connectivity index is 2.96. The van der Waals surface area contributed by atoms with E-state index in [1.807, 2.05) is 0 Å². The molecule has 0 aromatic heterocycles. The minimum absolute atomic E-state index is 0.506. The molecule has 0 aromatic rings. The van der Waals surface area contributed by atoms with Gasteiger partial charge in [-0.25, -0.2) is 9.59 Å². The van der Waals surface area contributed by atoms with Crippen LogP contribution in [0.3, 0.4) is 0 Å². The molecule has 0 unspecified atom stereocenters. The zero-order chi connectivity index (χ0) is 18.2. The zero-order valence-electron chi connectivity index (χ0n) is 12.2. The van der Waals surface area contributed by atoms with E-state index in [1.54, 1.807) is 5.32 Å². The maximum atomic E-state index is 12.4. The molecule has 0 aromatic carbocycles. The van der Waals surface area contributed by atoms with Crippen LogP contribution in [0.5, 0.6) is 0 Å². The van der Waals surface area contributed by atoms with Crippen molar-refractivity contribution in [1.82, 2.24) is 5.32 Å². The number of halogens is 6. The lowest BCUT2D eigenvalue weighted by Crippen LogP contribution is -2.45. The summed E-state index contributed by atoms with van der Waals surface area (Å²) in [7, 11) is 0. The van der Waals surface area contributed by atoms with E-state index in [1.165, 1.54) is 13.8 Å². The van der Waals surface area contributed by atoms with E-state index in [9.17, 15) is 35.9 Å². The van der Waals surface area contributed by atoms with Crippen LogP contribution in [0.2, 0.25) is 0 Å². The van der Waals surface area contributed by atoms with Crippen LogP contribution in [-0.4, -0.2) is 36.6 Å². The maximum absolute atomic E-state index is 12.4. The number of ether oxygens (including phenoxy) is 2. The van der Waals surface area contributed by atoms with Crippen molar-refractivity contribution >= 4 is 11.9 Å². The van der Waals surface area contributed by atoms with Crippen LogP contribution in [0, 0.1) is 5.92 Å². The fourth-order valence-electron chi connectivity index (χ4n) is 1.72. The first-order chi connectivity index (χ1) is 10.1. The number of esters is 2. The number of rotatable bonds is 3. The standard InChI is InChI=1S/C12H13F6NO4/c1-5(7-8(20)22-10(2,3)23-9(7)21)19-4-6(11(13,14)15)12(16,17)18/h6,19H,4H2,1-3H3. The Hall–Kier alpha value is -1.94. The van der Waals surface area contributed by atoms with Crippen LogP contribution in [0.15, 0.2) is 11.3 Å². The first kappa shape index (κ1) is 19.1. The summed E-state index contributed by atoms with van der Waals surface area (Å²) in [4.78, 5) is 23.3. The van der Waals surface area contributed by atoms with Crippen LogP contribution in [0.4, 0.5) is 26.3 Å². The van der Waals surface area contributed by atoms with Crippen molar-refractivity contribution in [2.45, 2.75) is 38.9 Å². The van der Waals surface area contributed by atoms with Gasteiger partial charge >= 0.3 is 24.3 Å². The number of alkyl halides is 6. The summed E-state index contributed by atoms with van der Waals surface area (Å²) in [5.74, 6) is -7.63. The predicted molar refractivity (Wildman–Crippen MR) is 62.6 cm³/mol. The maximum Gasteiger partial charge on any atom is 0.402 e. The second-order valence-electron chi connectivity index (χ2n) is 5.20. The Labute approximate surface area is 126 Å². The van der Waals surface area contributed by atoms with Crippen molar-refractivity contribution in [3.05, 3.63) is 11.3 Å². The molecule has 11 heteroatoms.